The number of para-hydroxylation sites is 1. The number of nitrogens with zero attached hydrogens (tertiary/aromatic N) is 1. The summed E-state index contributed by atoms with van der Waals surface area (Å²) in [6, 6.07) is 21.4. The number of methoxy groups -OCH3 is 1. The summed E-state index contributed by atoms with van der Waals surface area (Å²) in [6.45, 7) is 2.13. The zero-order valence-corrected chi connectivity index (χ0v) is 22.9. The molecule has 5 nitrogen and oxygen atoms in total. The van der Waals surface area contributed by atoms with E-state index in [-0.39, 0.29) is 24.6 Å². The molecule has 2 fully saturated rings. The first-order valence-electron chi connectivity index (χ1n) is 14.1. The van der Waals surface area contributed by atoms with Crippen LogP contribution in [0.1, 0.15) is 47.8 Å². The molecule has 3 aliphatic carbocycles. The van der Waals surface area contributed by atoms with Crippen molar-refractivity contribution in [1.29, 1.82) is 0 Å². The molecule has 1 saturated heterocycles. The lowest BCUT2D eigenvalue weighted by atomic mass is 9.49. The average molecular weight is 541 g/mol. The van der Waals surface area contributed by atoms with Crippen LogP contribution in [-0.2, 0) is 18.3 Å². The van der Waals surface area contributed by atoms with E-state index >= 15 is 0 Å². The van der Waals surface area contributed by atoms with Crippen LogP contribution in [0.15, 0.2) is 60.7 Å². The summed E-state index contributed by atoms with van der Waals surface area (Å²) in [4.78, 5) is 6.40. The number of fused-ring (bicyclic) bond motifs is 4. The molecular formula is C33H33ClN2O3. The smallest absolute Gasteiger partial charge is 0.151 e. The summed E-state index contributed by atoms with van der Waals surface area (Å²) < 4.78 is 12.7. The van der Waals surface area contributed by atoms with Crippen molar-refractivity contribution in [3.63, 3.8) is 0 Å². The minimum Gasteiger partial charge on any atom is -0.497 e. The van der Waals surface area contributed by atoms with Crippen LogP contribution in [0.3, 0.4) is 0 Å². The number of H-pyrrole nitrogens is 1. The molecule has 39 heavy (non-hydrogen) atoms. The number of aromatic amines is 1. The van der Waals surface area contributed by atoms with Crippen LogP contribution in [0.5, 0.6) is 11.5 Å². The lowest BCUT2D eigenvalue weighted by Gasteiger charge is -2.62. The topological polar surface area (TPSA) is 57.7 Å². The predicted octanol–water partition coefficient (Wildman–Crippen LogP) is 5.96. The quantitative estimate of drug-likeness (QED) is 0.335. The molecule has 1 saturated carbocycles. The number of nitrogens with one attached hydrogen (secondary N) is 1. The van der Waals surface area contributed by atoms with Gasteiger partial charge in [-0.25, -0.2) is 0 Å². The van der Waals surface area contributed by atoms with Gasteiger partial charge in [0.15, 0.2) is 6.10 Å². The Kier molecular flexibility index (Phi) is 4.91. The van der Waals surface area contributed by atoms with Gasteiger partial charge in [-0.15, -0.1) is 12.4 Å². The largest absolute Gasteiger partial charge is 0.497 e. The molecular weight excluding hydrogens is 508 g/mol. The number of benzene rings is 3. The molecule has 0 amide bonds. The summed E-state index contributed by atoms with van der Waals surface area (Å²) in [6.07, 6.45) is 4.88. The van der Waals surface area contributed by atoms with Gasteiger partial charge in [-0.3, -0.25) is 4.90 Å². The number of aliphatic hydroxyl groups is 1. The highest BCUT2D eigenvalue weighted by Crippen LogP contribution is 2.69. The zero-order valence-electron chi connectivity index (χ0n) is 22.1. The number of ether oxygens (including phenoxy) is 2. The van der Waals surface area contributed by atoms with Crippen LogP contribution in [0.2, 0.25) is 0 Å². The first-order valence-corrected chi connectivity index (χ1v) is 14.1. The molecule has 200 valence electrons. The maximum absolute atomic E-state index is 13.1. The van der Waals surface area contributed by atoms with Crippen LogP contribution in [0.4, 0.5) is 0 Å². The van der Waals surface area contributed by atoms with E-state index in [1.165, 1.54) is 34.9 Å². The standard InChI is InChI=1S/C33H32N2O3.ClH/c1-37-22-6-4-5-20(15-22)23-12-11-21-16-27-33(36)17-25-24-7-2-3-8-26(24)34-29(25)31-32(33,28(21)30(23)38-31)13-14-35(27)18-19-9-10-19;/h2-8,11-12,15,19,27,31,34,36H,9-10,13-14,16-18H2,1H3;1H/t27-,31+,32+,33-;/m1./s1. The number of rotatable bonds is 4. The van der Waals surface area contributed by atoms with Crippen LogP contribution in [0, 0.1) is 5.92 Å². The zero-order chi connectivity index (χ0) is 25.2. The summed E-state index contributed by atoms with van der Waals surface area (Å²) in [5.41, 5.74) is 6.98. The average Bonchev–Trinajstić information content (AvgIpc) is 3.58. The second kappa shape index (κ2) is 8.03. The first-order chi connectivity index (χ1) is 18.6. The molecule has 2 bridgehead atoms. The van der Waals surface area contributed by atoms with E-state index in [9.17, 15) is 5.11 Å². The van der Waals surface area contributed by atoms with E-state index < -0.39 is 11.0 Å². The third kappa shape index (κ3) is 2.93. The molecule has 3 aromatic carbocycles. The number of likely N-dealkylation sites (tertiary alicyclic amines) is 1. The second-order valence-electron chi connectivity index (χ2n) is 12.2. The Morgan fingerprint density at radius 2 is 1.97 bits per heavy atom. The van der Waals surface area contributed by atoms with Crippen molar-refractivity contribution in [1.82, 2.24) is 9.88 Å². The molecule has 0 radical (unpaired) electrons. The normalized spacial score (nSPS) is 29.8. The molecule has 4 atom stereocenters. The molecule has 9 rings (SSSR count). The van der Waals surface area contributed by atoms with E-state index in [0.29, 0.717) is 6.42 Å². The maximum Gasteiger partial charge on any atom is 0.151 e. The van der Waals surface area contributed by atoms with Gasteiger partial charge in [0.1, 0.15) is 11.5 Å². The van der Waals surface area contributed by atoms with Gasteiger partial charge in [-0.1, -0.05) is 42.5 Å². The van der Waals surface area contributed by atoms with Gasteiger partial charge in [-0.05, 0) is 73.0 Å². The van der Waals surface area contributed by atoms with E-state index in [0.717, 1.165) is 65.7 Å². The minimum atomic E-state index is -0.881. The second-order valence-corrected chi connectivity index (χ2v) is 12.2. The van der Waals surface area contributed by atoms with Crippen molar-refractivity contribution in [2.45, 2.75) is 55.3 Å². The van der Waals surface area contributed by atoms with Gasteiger partial charge in [0, 0.05) is 41.0 Å². The Morgan fingerprint density at radius 1 is 1.10 bits per heavy atom. The summed E-state index contributed by atoms with van der Waals surface area (Å²) in [5, 5.41) is 14.3. The molecule has 2 N–H and O–H groups in total. The number of piperidine rings is 1. The highest BCUT2D eigenvalue weighted by molar-refractivity contribution is 5.87. The monoisotopic (exact) mass is 540 g/mol. The Bertz CT molecular complexity index is 1640. The Hall–Kier alpha value is -2.99. The Morgan fingerprint density at radius 3 is 2.82 bits per heavy atom. The molecule has 3 heterocycles. The lowest BCUT2D eigenvalue weighted by Crippen LogP contribution is -2.74. The van der Waals surface area contributed by atoms with Crippen molar-refractivity contribution >= 4 is 23.3 Å². The van der Waals surface area contributed by atoms with Crippen LogP contribution < -0.4 is 9.47 Å². The summed E-state index contributed by atoms with van der Waals surface area (Å²) in [7, 11) is 1.71. The van der Waals surface area contributed by atoms with Crippen molar-refractivity contribution < 1.29 is 14.6 Å². The van der Waals surface area contributed by atoms with Gasteiger partial charge in [0.2, 0.25) is 0 Å². The third-order valence-corrected chi connectivity index (χ3v) is 10.5. The van der Waals surface area contributed by atoms with Crippen LogP contribution in [0.25, 0.3) is 22.0 Å². The van der Waals surface area contributed by atoms with Gasteiger partial charge >= 0.3 is 0 Å². The lowest BCUT2D eigenvalue weighted by molar-refractivity contribution is -0.173. The Balaban J connectivity index is 0.00000235. The van der Waals surface area contributed by atoms with E-state index in [1.807, 2.05) is 12.1 Å². The van der Waals surface area contributed by atoms with Crippen molar-refractivity contribution in [2.24, 2.45) is 5.92 Å². The number of halogens is 1. The predicted molar refractivity (Wildman–Crippen MR) is 154 cm³/mol. The van der Waals surface area contributed by atoms with Crippen LogP contribution >= 0.6 is 12.4 Å². The molecule has 1 spiro atoms. The fraction of sp³-hybridized carbons (Fsp3) is 0.394. The minimum absolute atomic E-state index is 0. The van der Waals surface area contributed by atoms with Gasteiger partial charge in [0.25, 0.3) is 0 Å². The molecule has 1 aromatic heterocycles. The van der Waals surface area contributed by atoms with Gasteiger partial charge in [-0.2, -0.15) is 0 Å². The molecule has 6 heteroatoms. The number of hydrogen-bond donors (Lipinski definition) is 2. The summed E-state index contributed by atoms with van der Waals surface area (Å²) >= 11 is 0. The summed E-state index contributed by atoms with van der Waals surface area (Å²) in [5.74, 6) is 2.59. The fourth-order valence-corrected chi connectivity index (χ4v) is 8.61. The fourth-order valence-electron chi connectivity index (χ4n) is 8.61. The van der Waals surface area contributed by atoms with Crippen molar-refractivity contribution in [3.05, 3.63) is 83.0 Å². The van der Waals surface area contributed by atoms with Crippen LogP contribution in [-0.4, -0.2) is 46.8 Å². The highest BCUT2D eigenvalue weighted by atomic mass is 35.5. The molecule has 2 aliphatic heterocycles. The number of aromatic nitrogens is 1. The van der Waals surface area contributed by atoms with E-state index in [2.05, 4.69) is 58.4 Å². The maximum atomic E-state index is 13.1. The first kappa shape index (κ1) is 23.9. The Labute approximate surface area is 234 Å². The van der Waals surface area contributed by atoms with E-state index in [4.69, 9.17) is 9.47 Å². The molecule has 0 unspecified atom stereocenters. The van der Waals surface area contributed by atoms with Crippen molar-refractivity contribution in [2.75, 3.05) is 20.2 Å². The SMILES string of the molecule is COc1cccc(-c2ccc3c4c2O[C@H]2c5[nH]c6ccccc6c5C[C@@]5(O)[C@@H](C3)N(CC3CC3)CC[C@]425)c1.Cl. The van der Waals surface area contributed by atoms with Crippen molar-refractivity contribution in [3.8, 4) is 22.6 Å². The molecule has 4 aromatic rings. The number of hydrogen-bond acceptors (Lipinski definition) is 4. The third-order valence-electron chi connectivity index (χ3n) is 10.5. The highest BCUT2D eigenvalue weighted by Gasteiger charge is 2.72. The van der Waals surface area contributed by atoms with Gasteiger partial charge < -0.3 is 19.6 Å². The van der Waals surface area contributed by atoms with Gasteiger partial charge in [0.05, 0.1) is 23.8 Å². The molecule has 5 aliphatic rings. The van der Waals surface area contributed by atoms with E-state index in [1.54, 1.807) is 7.11 Å².